The molecule has 2 N–H and O–H groups in total. The van der Waals surface area contributed by atoms with Crippen LogP contribution >= 0.6 is 0 Å². The van der Waals surface area contributed by atoms with Gasteiger partial charge in [0, 0.05) is 12.1 Å². The number of likely N-dealkylation sites (tertiary alicyclic amines) is 1. The van der Waals surface area contributed by atoms with Gasteiger partial charge in [-0.25, -0.2) is 4.39 Å². The van der Waals surface area contributed by atoms with E-state index >= 15 is 0 Å². The lowest BCUT2D eigenvalue weighted by molar-refractivity contribution is -0.142. The molecule has 4 nitrogen and oxygen atoms in total. The van der Waals surface area contributed by atoms with Crippen LogP contribution in [0.2, 0.25) is 0 Å². The normalized spacial score (nSPS) is 20.6. The standard InChI is InChI=1S/C12H14FNO3/c13-9-3-4-11(15)8(6-9)7-14-5-1-2-10(14)12(16)17/h3-4,6,10,15H,1-2,5,7H2,(H,16,17). The zero-order valence-corrected chi connectivity index (χ0v) is 9.27. The zero-order chi connectivity index (χ0) is 12.4. The number of rotatable bonds is 3. The molecule has 1 aliphatic heterocycles. The van der Waals surface area contributed by atoms with Crippen molar-refractivity contribution in [2.75, 3.05) is 6.54 Å². The van der Waals surface area contributed by atoms with Crippen LogP contribution in [0, 0.1) is 5.82 Å². The maximum atomic E-state index is 13.0. The van der Waals surface area contributed by atoms with Crippen LogP contribution in [0.1, 0.15) is 18.4 Å². The number of carboxylic acid groups (broad SMARTS) is 1. The van der Waals surface area contributed by atoms with Gasteiger partial charge in [-0.3, -0.25) is 9.69 Å². The second-order valence-corrected chi connectivity index (χ2v) is 4.24. The van der Waals surface area contributed by atoms with Crippen molar-refractivity contribution in [1.29, 1.82) is 0 Å². The lowest BCUT2D eigenvalue weighted by Crippen LogP contribution is -2.35. The van der Waals surface area contributed by atoms with Gasteiger partial charge in [-0.05, 0) is 37.6 Å². The van der Waals surface area contributed by atoms with Gasteiger partial charge in [0.1, 0.15) is 17.6 Å². The highest BCUT2D eigenvalue weighted by Gasteiger charge is 2.30. The highest BCUT2D eigenvalue weighted by molar-refractivity contribution is 5.73. The molecule has 1 heterocycles. The first-order valence-electron chi connectivity index (χ1n) is 5.52. The van der Waals surface area contributed by atoms with E-state index < -0.39 is 17.8 Å². The molecule has 1 fully saturated rings. The van der Waals surface area contributed by atoms with Gasteiger partial charge in [-0.1, -0.05) is 0 Å². The number of aromatic hydroxyl groups is 1. The van der Waals surface area contributed by atoms with E-state index in [2.05, 4.69) is 0 Å². The minimum atomic E-state index is -0.863. The van der Waals surface area contributed by atoms with Crippen molar-refractivity contribution in [3.8, 4) is 5.75 Å². The summed E-state index contributed by atoms with van der Waals surface area (Å²) in [5, 5.41) is 18.6. The molecule has 1 atom stereocenters. The van der Waals surface area contributed by atoms with Crippen molar-refractivity contribution in [2.45, 2.75) is 25.4 Å². The molecule has 1 aromatic carbocycles. The molecule has 2 rings (SSSR count). The van der Waals surface area contributed by atoms with Gasteiger partial charge in [0.05, 0.1) is 0 Å². The van der Waals surface area contributed by atoms with E-state index in [4.69, 9.17) is 5.11 Å². The Bertz CT molecular complexity index is 436. The molecular weight excluding hydrogens is 225 g/mol. The molecule has 0 amide bonds. The Morgan fingerprint density at radius 2 is 2.29 bits per heavy atom. The van der Waals surface area contributed by atoms with E-state index in [0.717, 1.165) is 6.42 Å². The highest BCUT2D eigenvalue weighted by Crippen LogP contribution is 2.25. The summed E-state index contributed by atoms with van der Waals surface area (Å²) in [6.07, 6.45) is 1.42. The molecule has 1 aromatic rings. The summed E-state index contributed by atoms with van der Waals surface area (Å²) in [7, 11) is 0. The number of hydrogen-bond acceptors (Lipinski definition) is 3. The van der Waals surface area contributed by atoms with Gasteiger partial charge in [0.2, 0.25) is 0 Å². The molecule has 1 aliphatic rings. The summed E-state index contributed by atoms with van der Waals surface area (Å²) in [5.74, 6) is -1.29. The maximum Gasteiger partial charge on any atom is 0.320 e. The second kappa shape index (κ2) is 4.71. The predicted octanol–water partition coefficient (Wildman–Crippen LogP) is 1.58. The summed E-state index contributed by atoms with van der Waals surface area (Å²) in [4.78, 5) is 12.7. The molecule has 0 bridgehead atoms. The third-order valence-electron chi connectivity index (χ3n) is 3.06. The number of carboxylic acids is 1. The van der Waals surface area contributed by atoms with E-state index in [-0.39, 0.29) is 12.3 Å². The first-order valence-corrected chi connectivity index (χ1v) is 5.52. The van der Waals surface area contributed by atoms with Crippen LogP contribution in [0.3, 0.4) is 0 Å². The van der Waals surface area contributed by atoms with Crippen LogP contribution in [-0.2, 0) is 11.3 Å². The van der Waals surface area contributed by atoms with Crippen LogP contribution in [0.4, 0.5) is 4.39 Å². The average Bonchev–Trinajstić information content (AvgIpc) is 2.71. The van der Waals surface area contributed by atoms with E-state index in [9.17, 15) is 14.3 Å². The van der Waals surface area contributed by atoms with Crippen molar-refractivity contribution in [3.63, 3.8) is 0 Å². The summed E-state index contributed by atoms with van der Waals surface area (Å²) in [6.45, 7) is 0.924. The van der Waals surface area contributed by atoms with E-state index in [1.165, 1.54) is 18.2 Å². The largest absolute Gasteiger partial charge is 0.508 e. The molecule has 17 heavy (non-hydrogen) atoms. The predicted molar refractivity (Wildman–Crippen MR) is 59.1 cm³/mol. The van der Waals surface area contributed by atoms with E-state index in [0.29, 0.717) is 18.5 Å². The van der Waals surface area contributed by atoms with Gasteiger partial charge in [-0.15, -0.1) is 0 Å². The lowest BCUT2D eigenvalue weighted by atomic mass is 10.1. The average molecular weight is 239 g/mol. The van der Waals surface area contributed by atoms with Crippen LogP contribution < -0.4 is 0 Å². The first-order chi connectivity index (χ1) is 8.08. The molecule has 0 saturated carbocycles. The number of hydrogen-bond donors (Lipinski definition) is 2. The Morgan fingerprint density at radius 1 is 1.53 bits per heavy atom. The minimum Gasteiger partial charge on any atom is -0.508 e. The number of phenols is 1. The third kappa shape index (κ3) is 2.55. The Labute approximate surface area is 98.3 Å². The first kappa shape index (κ1) is 11.9. The van der Waals surface area contributed by atoms with Crippen molar-refractivity contribution >= 4 is 5.97 Å². The molecule has 1 unspecified atom stereocenters. The van der Waals surface area contributed by atoms with Crippen molar-refractivity contribution < 1.29 is 19.4 Å². The fourth-order valence-corrected chi connectivity index (χ4v) is 2.19. The Balaban J connectivity index is 2.15. The fourth-order valence-electron chi connectivity index (χ4n) is 2.19. The number of carbonyl (C=O) groups is 1. The van der Waals surface area contributed by atoms with Gasteiger partial charge in [0.25, 0.3) is 0 Å². The number of phenolic OH excluding ortho intramolecular Hbond substituents is 1. The zero-order valence-electron chi connectivity index (χ0n) is 9.27. The minimum absolute atomic E-state index is 0.00226. The molecule has 0 aliphatic carbocycles. The van der Waals surface area contributed by atoms with Gasteiger partial charge in [-0.2, -0.15) is 0 Å². The molecule has 0 aromatic heterocycles. The van der Waals surface area contributed by atoms with Crippen molar-refractivity contribution in [3.05, 3.63) is 29.6 Å². The quantitative estimate of drug-likeness (QED) is 0.840. The topological polar surface area (TPSA) is 60.8 Å². The maximum absolute atomic E-state index is 13.0. The van der Waals surface area contributed by atoms with Gasteiger partial charge in [0.15, 0.2) is 0 Å². The van der Waals surface area contributed by atoms with E-state index in [1.807, 2.05) is 0 Å². The number of nitrogens with zero attached hydrogens (tertiary/aromatic N) is 1. The monoisotopic (exact) mass is 239 g/mol. The Hall–Kier alpha value is -1.62. The third-order valence-corrected chi connectivity index (χ3v) is 3.06. The Morgan fingerprint density at radius 3 is 3.00 bits per heavy atom. The van der Waals surface area contributed by atoms with Crippen LogP contribution in [0.25, 0.3) is 0 Å². The lowest BCUT2D eigenvalue weighted by Gasteiger charge is -2.21. The SMILES string of the molecule is O=C(O)C1CCCN1Cc1cc(F)ccc1O. The molecule has 0 radical (unpaired) electrons. The van der Waals surface area contributed by atoms with Crippen LogP contribution in [0.5, 0.6) is 5.75 Å². The van der Waals surface area contributed by atoms with Crippen LogP contribution in [-0.4, -0.2) is 33.7 Å². The summed E-state index contributed by atoms with van der Waals surface area (Å²) < 4.78 is 13.0. The number of aliphatic carboxylic acids is 1. The fraction of sp³-hybridized carbons (Fsp3) is 0.417. The molecule has 0 spiro atoms. The number of halogens is 1. The van der Waals surface area contributed by atoms with E-state index in [1.54, 1.807) is 4.90 Å². The Kier molecular flexibility index (Phi) is 3.28. The smallest absolute Gasteiger partial charge is 0.320 e. The highest BCUT2D eigenvalue weighted by atomic mass is 19.1. The number of benzene rings is 1. The molecule has 5 heteroatoms. The summed E-state index contributed by atoms with van der Waals surface area (Å²) in [6, 6.07) is 3.18. The second-order valence-electron chi connectivity index (χ2n) is 4.24. The van der Waals surface area contributed by atoms with Crippen molar-refractivity contribution in [2.24, 2.45) is 0 Å². The van der Waals surface area contributed by atoms with Gasteiger partial charge >= 0.3 is 5.97 Å². The molecule has 1 saturated heterocycles. The molecular formula is C12H14FNO3. The summed E-state index contributed by atoms with van der Waals surface area (Å²) in [5.41, 5.74) is 0.429. The van der Waals surface area contributed by atoms with Crippen LogP contribution in [0.15, 0.2) is 18.2 Å². The van der Waals surface area contributed by atoms with Crippen molar-refractivity contribution in [1.82, 2.24) is 4.90 Å². The van der Waals surface area contributed by atoms with Gasteiger partial charge < -0.3 is 10.2 Å². The summed E-state index contributed by atoms with van der Waals surface area (Å²) >= 11 is 0. The molecule has 92 valence electrons.